The molecule has 0 radical (unpaired) electrons. The Morgan fingerprint density at radius 3 is 2.21 bits per heavy atom. The van der Waals surface area contributed by atoms with Crippen molar-refractivity contribution >= 4 is 33.5 Å². The second-order valence-electron chi connectivity index (χ2n) is 6.58. The highest BCUT2D eigenvalue weighted by molar-refractivity contribution is 7.89. The smallest absolute Gasteiger partial charge is 0.324 e. The molecule has 1 unspecified atom stereocenters. The number of esters is 1. The van der Waals surface area contributed by atoms with E-state index in [0.717, 1.165) is 11.1 Å². The number of sulfonamides is 1. The standard InChI is InChI=1S/C20H23ClN2O5S/c1-13-4-6-16(7-5-13)12-22-19(24)15(3)28-20(25)14(2)23-29(26,27)18-10-8-17(21)9-11-18/h4-11,14-15,23H,12H2,1-3H3,(H,22,24)/t14-,15?/m0/s1. The Balaban J connectivity index is 1.88. The van der Waals surface area contributed by atoms with Crippen LogP contribution >= 0.6 is 11.6 Å². The van der Waals surface area contributed by atoms with Gasteiger partial charge >= 0.3 is 5.97 Å². The molecule has 9 heteroatoms. The molecule has 7 nitrogen and oxygen atoms in total. The lowest BCUT2D eigenvalue weighted by atomic mass is 10.1. The summed E-state index contributed by atoms with van der Waals surface area (Å²) in [5, 5.41) is 3.07. The number of aryl methyl sites for hydroxylation is 1. The molecule has 29 heavy (non-hydrogen) atoms. The fourth-order valence-corrected chi connectivity index (χ4v) is 3.65. The topological polar surface area (TPSA) is 102 Å². The Morgan fingerprint density at radius 2 is 1.62 bits per heavy atom. The molecular weight excluding hydrogens is 416 g/mol. The largest absolute Gasteiger partial charge is 0.451 e. The van der Waals surface area contributed by atoms with E-state index in [4.69, 9.17) is 16.3 Å². The Hall–Kier alpha value is -2.42. The van der Waals surface area contributed by atoms with Crippen LogP contribution in [0.1, 0.15) is 25.0 Å². The van der Waals surface area contributed by atoms with Crippen molar-refractivity contribution in [2.24, 2.45) is 0 Å². The molecule has 2 aromatic carbocycles. The zero-order valence-electron chi connectivity index (χ0n) is 16.3. The lowest BCUT2D eigenvalue weighted by molar-refractivity contribution is -0.156. The lowest BCUT2D eigenvalue weighted by Gasteiger charge is -2.17. The van der Waals surface area contributed by atoms with Gasteiger partial charge in [0.05, 0.1) is 4.90 Å². The summed E-state index contributed by atoms with van der Waals surface area (Å²) in [6.07, 6.45) is -1.07. The number of amides is 1. The minimum absolute atomic E-state index is 0.0366. The molecule has 0 saturated heterocycles. The van der Waals surface area contributed by atoms with Gasteiger partial charge in [-0.25, -0.2) is 8.42 Å². The predicted molar refractivity (Wildman–Crippen MR) is 110 cm³/mol. The Labute approximate surface area is 175 Å². The van der Waals surface area contributed by atoms with Crippen LogP contribution in [-0.4, -0.2) is 32.4 Å². The second kappa shape index (κ2) is 9.87. The molecule has 0 heterocycles. The van der Waals surface area contributed by atoms with E-state index >= 15 is 0 Å². The van der Waals surface area contributed by atoms with Crippen molar-refractivity contribution in [2.75, 3.05) is 0 Å². The number of hydrogen-bond donors (Lipinski definition) is 2. The first-order valence-electron chi connectivity index (χ1n) is 8.90. The highest BCUT2D eigenvalue weighted by Gasteiger charge is 2.26. The van der Waals surface area contributed by atoms with Gasteiger partial charge in [-0.05, 0) is 50.6 Å². The molecule has 0 aliphatic heterocycles. The fourth-order valence-electron chi connectivity index (χ4n) is 2.33. The van der Waals surface area contributed by atoms with Crippen LogP contribution < -0.4 is 10.0 Å². The molecule has 2 N–H and O–H groups in total. The summed E-state index contributed by atoms with van der Waals surface area (Å²) in [5.74, 6) is -1.34. The number of halogens is 1. The summed E-state index contributed by atoms with van der Waals surface area (Å²) in [6.45, 7) is 5.02. The van der Waals surface area contributed by atoms with E-state index in [1.807, 2.05) is 31.2 Å². The molecule has 1 amide bonds. The van der Waals surface area contributed by atoms with Crippen LogP contribution in [0.4, 0.5) is 0 Å². The van der Waals surface area contributed by atoms with Crippen LogP contribution in [0.2, 0.25) is 5.02 Å². The van der Waals surface area contributed by atoms with E-state index < -0.39 is 34.0 Å². The highest BCUT2D eigenvalue weighted by Crippen LogP contribution is 2.14. The summed E-state index contributed by atoms with van der Waals surface area (Å²) in [5.41, 5.74) is 2.02. The fraction of sp³-hybridized carbons (Fsp3) is 0.300. The maximum atomic E-state index is 12.3. The van der Waals surface area contributed by atoms with Crippen molar-refractivity contribution in [1.82, 2.24) is 10.0 Å². The van der Waals surface area contributed by atoms with Crippen molar-refractivity contribution in [1.29, 1.82) is 0 Å². The number of benzene rings is 2. The van der Waals surface area contributed by atoms with Crippen LogP contribution in [0.25, 0.3) is 0 Å². The van der Waals surface area contributed by atoms with Gasteiger partial charge < -0.3 is 10.1 Å². The van der Waals surface area contributed by atoms with Gasteiger partial charge in [-0.2, -0.15) is 4.72 Å². The molecule has 0 aromatic heterocycles. The first-order chi connectivity index (χ1) is 13.6. The number of nitrogens with one attached hydrogen (secondary N) is 2. The average Bonchev–Trinajstić information content (AvgIpc) is 2.67. The predicted octanol–water partition coefficient (Wildman–Crippen LogP) is 2.56. The van der Waals surface area contributed by atoms with Gasteiger partial charge in [0.2, 0.25) is 10.0 Å². The number of hydrogen-bond acceptors (Lipinski definition) is 5. The number of carbonyl (C=O) groups excluding carboxylic acids is 2. The van der Waals surface area contributed by atoms with Gasteiger partial charge in [0, 0.05) is 11.6 Å². The van der Waals surface area contributed by atoms with Crippen LogP contribution in [0.3, 0.4) is 0 Å². The van der Waals surface area contributed by atoms with E-state index in [9.17, 15) is 18.0 Å². The van der Waals surface area contributed by atoms with Crippen molar-refractivity contribution in [3.8, 4) is 0 Å². The minimum Gasteiger partial charge on any atom is -0.451 e. The normalized spacial score (nSPS) is 13.4. The molecule has 2 atom stereocenters. The molecule has 0 fully saturated rings. The van der Waals surface area contributed by atoms with Crippen LogP contribution in [0, 0.1) is 6.92 Å². The van der Waals surface area contributed by atoms with Crippen LogP contribution in [0.5, 0.6) is 0 Å². The van der Waals surface area contributed by atoms with E-state index in [0.29, 0.717) is 11.6 Å². The molecule has 0 saturated carbocycles. The third-order valence-corrected chi connectivity index (χ3v) is 5.87. The Bertz CT molecular complexity index is 959. The van der Waals surface area contributed by atoms with Gasteiger partial charge in [0.25, 0.3) is 5.91 Å². The SMILES string of the molecule is Cc1ccc(CNC(=O)C(C)OC(=O)[C@H](C)NS(=O)(=O)c2ccc(Cl)cc2)cc1. The summed E-state index contributed by atoms with van der Waals surface area (Å²) in [7, 11) is -3.94. The lowest BCUT2D eigenvalue weighted by Crippen LogP contribution is -2.43. The zero-order chi connectivity index (χ0) is 21.6. The third kappa shape index (κ3) is 6.85. The summed E-state index contributed by atoms with van der Waals surface area (Å²) < 4.78 is 31.9. The summed E-state index contributed by atoms with van der Waals surface area (Å²) in [6, 6.07) is 12.0. The Morgan fingerprint density at radius 1 is 1.03 bits per heavy atom. The van der Waals surface area contributed by atoms with Crippen molar-refractivity contribution in [3.05, 3.63) is 64.7 Å². The quantitative estimate of drug-likeness (QED) is 0.617. The van der Waals surface area contributed by atoms with Crippen LogP contribution in [-0.2, 0) is 30.9 Å². The average molecular weight is 439 g/mol. The van der Waals surface area contributed by atoms with Crippen molar-refractivity contribution in [2.45, 2.75) is 44.4 Å². The van der Waals surface area contributed by atoms with E-state index in [2.05, 4.69) is 10.0 Å². The molecule has 0 aliphatic rings. The molecule has 0 spiro atoms. The van der Waals surface area contributed by atoms with Crippen molar-refractivity contribution < 1.29 is 22.7 Å². The van der Waals surface area contributed by atoms with Gasteiger partial charge in [0.1, 0.15) is 6.04 Å². The minimum atomic E-state index is -3.94. The number of carbonyl (C=O) groups is 2. The summed E-state index contributed by atoms with van der Waals surface area (Å²) >= 11 is 5.75. The van der Waals surface area contributed by atoms with E-state index in [-0.39, 0.29) is 4.90 Å². The van der Waals surface area contributed by atoms with Gasteiger partial charge in [-0.15, -0.1) is 0 Å². The maximum absolute atomic E-state index is 12.3. The molecular formula is C20H23ClN2O5S. The molecule has 2 rings (SSSR count). The first-order valence-corrected chi connectivity index (χ1v) is 10.8. The monoisotopic (exact) mass is 438 g/mol. The third-order valence-electron chi connectivity index (χ3n) is 4.06. The number of ether oxygens (including phenoxy) is 1. The molecule has 2 aromatic rings. The van der Waals surface area contributed by atoms with Gasteiger partial charge in [-0.3, -0.25) is 9.59 Å². The van der Waals surface area contributed by atoms with Crippen molar-refractivity contribution in [3.63, 3.8) is 0 Å². The Kier molecular flexibility index (Phi) is 7.78. The first kappa shape index (κ1) is 22.9. The maximum Gasteiger partial charge on any atom is 0.324 e. The van der Waals surface area contributed by atoms with E-state index in [1.165, 1.54) is 38.1 Å². The molecule has 156 valence electrons. The summed E-state index contributed by atoms with van der Waals surface area (Å²) in [4.78, 5) is 24.3. The van der Waals surface area contributed by atoms with E-state index in [1.54, 1.807) is 0 Å². The molecule has 0 bridgehead atoms. The van der Waals surface area contributed by atoms with Gasteiger partial charge in [0.15, 0.2) is 6.10 Å². The van der Waals surface area contributed by atoms with Crippen LogP contribution in [0.15, 0.2) is 53.4 Å². The molecule has 0 aliphatic carbocycles. The number of rotatable bonds is 8. The zero-order valence-corrected chi connectivity index (χ0v) is 17.9. The second-order valence-corrected chi connectivity index (χ2v) is 8.73. The highest BCUT2D eigenvalue weighted by atomic mass is 35.5. The van der Waals surface area contributed by atoms with Gasteiger partial charge in [-0.1, -0.05) is 41.4 Å².